The minimum Gasteiger partial charge on any atom is -0.550 e. The van der Waals surface area contributed by atoms with Crippen LogP contribution in [0.4, 0.5) is 0 Å². The van der Waals surface area contributed by atoms with Gasteiger partial charge in [0.1, 0.15) is 4.75 Å². The van der Waals surface area contributed by atoms with E-state index in [1.807, 2.05) is 0 Å². The van der Waals surface area contributed by atoms with Crippen LogP contribution >= 0.6 is 0 Å². The standard InChI is InChI=1S/C24H46O7S.2Na/c1-2-3-4-5-6-7-8-9-10-11-12-13-14-15-16-17-18-19-20-24(23(27)28,21-22(25)26)32(29,30)31;;/h2-21H2,1H3,(H,25,26)(H,27,28)(H,29,30,31);;/q;2*+1/p-2. The fourth-order valence-electron chi connectivity index (χ4n) is 4.13. The zero-order valence-corrected chi connectivity index (χ0v) is 26.8. The van der Waals surface area contributed by atoms with Gasteiger partial charge in [0, 0.05) is 12.4 Å². The van der Waals surface area contributed by atoms with Crippen LogP contribution in [0.2, 0.25) is 0 Å². The van der Waals surface area contributed by atoms with Crippen molar-refractivity contribution in [3.8, 4) is 0 Å². The molecule has 0 aromatic heterocycles. The van der Waals surface area contributed by atoms with Crippen molar-refractivity contribution < 1.29 is 91.9 Å². The molecule has 0 amide bonds. The number of rotatable bonds is 23. The molecule has 0 spiro atoms. The quantitative estimate of drug-likeness (QED) is 0.0927. The summed E-state index contributed by atoms with van der Waals surface area (Å²) in [5.74, 6) is -3.95. The Morgan fingerprint density at radius 3 is 1.18 bits per heavy atom. The first-order chi connectivity index (χ1) is 15.2. The molecular formula is C24H44Na2O7S. The zero-order valence-electron chi connectivity index (χ0n) is 21.9. The molecule has 1 unspecified atom stereocenters. The number of carboxylic acids is 2. The molecule has 0 aliphatic rings. The van der Waals surface area contributed by atoms with E-state index in [9.17, 15) is 32.8 Å². The number of carbonyl (C=O) groups excluding carboxylic acids is 2. The van der Waals surface area contributed by atoms with Crippen molar-refractivity contribution in [2.24, 2.45) is 0 Å². The third-order valence-electron chi connectivity index (χ3n) is 6.23. The maximum absolute atomic E-state index is 11.5. The van der Waals surface area contributed by atoms with Crippen molar-refractivity contribution >= 4 is 22.1 Å². The second kappa shape index (κ2) is 24.2. The van der Waals surface area contributed by atoms with Crippen molar-refractivity contribution in [2.75, 3.05) is 0 Å². The summed E-state index contributed by atoms with van der Waals surface area (Å²) in [7, 11) is -5.13. The monoisotopic (exact) mass is 522 g/mol. The van der Waals surface area contributed by atoms with E-state index in [1.54, 1.807) is 0 Å². The Kier molecular flexibility index (Phi) is 28.0. The Balaban J connectivity index is -0.00000480. The third-order valence-corrected chi connectivity index (χ3v) is 7.73. The van der Waals surface area contributed by atoms with Crippen molar-refractivity contribution in [2.45, 2.75) is 140 Å². The number of carboxylic acid groups (broad SMARTS) is 2. The number of hydrogen-bond acceptors (Lipinski definition) is 6. The second-order valence-corrected chi connectivity index (χ2v) is 10.8. The van der Waals surface area contributed by atoms with E-state index in [0.29, 0.717) is 6.42 Å². The molecule has 0 fully saturated rings. The maximum atomic E-state index is 11.5. The Labute approximate surface area is 251 Å². The smallest absolute Gasteiger partial charge is 0.550 e. The van der Waals surface area contributed by atoms with Gasteiger partial charge in [-0.15, -0.1) is 0 Å². The summed E-state index contributed by atoms with van der Waals surface area (Å²) in [5, 5.41) is 22.1. The molecule has 0 aromatic rings. The van der Waals surface area contributed by atoms with Crippen LogP contribution in [-0.2, 0) is 19.7 Å². The summed E-state index contributed by atoms with van der Waals surface area (Å²) in [6.07, 6.45) is 18.8. The van der Waals surface area contributed by atoms with Crippen LogP contribution in [0.5, 0.6) is 0 Å². The minimum absolute atomic E-state index is 0. The summed E-state index contributed by atoms with van der Waals surface area (Å²) >= 11 is 0. The fraction of sp³-hybridized carbons (Fsp3) is 0.917. The molecule has 0 saturated carbocycles. The number of unbranched alkanes of at least 4 members (excludes halogenated alkanes) is 17. The van der Waals surface area contributed by atoms with Crippen LogP contribution in [0.1, 0.15) is 135 Å². The van der Waals surface area contributed by atoms with Gasteiger partial charge >= 0.3 is 59.1 Å². The van der Waals surface area contributed by atoms with Gasteiger partial charge in [-0.2, -0.15) is 8.42 Å². The van der Waals surface area contributed by atoms with Crippen molar-refractivity contribution in [1.82, 2.24) is 0 Å². The molecule has 0 radical (unpaired) electrons. The van der Waals surface area contributed by atoms with Crippen LogP contribution in [0.25, 0.3) is 0 Å². The summed E-state index contributed by atoms with van der Waals surface area (Å²) in [6, 6.07) is 0. The molecule has 34 heavy (non-hydrogen) atoms. The van der Waals surface area contributed by atoms with Crippen molar-refractivity contribution in [1.29, 1.82) is 0 Å². The number of hydrogen-bond donors (Lipinski definition) is 1. The van der Waals surface area contributed by atoms with E-state index < -0.39 is 39.6 Å². The van der Waals surface area contributed by atoms with Gasteiger partial charge in [-0.05, 0) is 6.42 Å². The van der Waals surface area contributed by atoms with Gasteiger partial charge in [-0.1, -0.05) is 122 Å². The molecule has 1 atom stereocenters. The van der Waals surface area contributed by atoms with E-state index >= 15 is 0 Å². The Bertz CT molecular complexity index is 614. The normalized spacial score (nSPS) is 12.9. The van der Waals surface area contributed by atoms with E-state index in [2.05, 4.69) is 6.92 Å². The molecule has 0 aromatic carbocycles. The van der Waals surface area contributed by atoms with Gasteiger partial charge in [0.25, 0.3) is 10.1 Å². The predicted octanol–water partition coefficient (Wildman–Crippen LogP) is -2.06. The summed E-state index contributed by atoms with van der Waals surface area (Å²) in [6.45, 7) is 2.24. The molecule has 1 N–H and O–H groups in total. The average Bonchev–Trinajstić information content (AvgIpc) is 2.70. The van der Waals surface area contributed by atoms with E-state index in [0.717, 1.165) is 25.7 Å². The van der Waals surface area contributed by atoms with Gasteiger partial charge in [-0.25, -0.2) is 0 Å². The van der Waals surface area contributed by atoms with Gasteiger partial charge in [0.2, 0.25) is 0 Å². The van der Waals surface area contributed by atoms with E-state index in [1.165, 1.54) is 77.0 Å². The van der Waals surface area contributed by atoms with Crippen LogP contribution in [0.3, 0.4) is 0 Å². The molecule has 0 bridgehead atoms. The summed E-state index contributed by atoms with van der Waals surface area (Å²) in [4.78, 5) is 22.1. The van der Waals surface area contributed by atoms with Gasteiger partial charge in [0.05, 0.1) is 5.97 Å². The van der Waals surface area contributed by atoms with Gasteiger partial charge in [-0.3, -0.25) is 4.55 Å². The number of aliphatic carboxylic acids is 2. The molecule has 0 saturated heterocycles. The molecule has 7 nitrogen and oxygen atoms in total. The molecule has 0 aliphatic carbocycles. The summed E-state index contributed by atoms with van der Waals surface area (Å²) in [5.41, 5.74) is 0. The molecule has 0 heterocycles. The minimum atomic E-state index is -5.13. The van der Waals surface area contributed by atoms with Crippen LogP contribution in [-0.4, -0.2) is 29.7 Å². The third kappa shape index (κ3) is 19.0. The van der Waals surface area contributed by atoms with E-state index in [4.69, 9.17) is 0 Å². The Morgan fingerprint density at radius 2 is 0.941 bits per heavy atom. The van der Waals surface area contributed by atoms with Crippen LogP contribution in [0.15, 0.2) is 0 Å². The largest absolute Gasteiger partial charge is 1.00 e. The Hall–Kier alpha value is 0.850. The molecule has 0 rings (SSSR count). The van der Waals surface area contributed by atoms with Gasteiger partial charge < -0.3 is 19.8 Å². The van der Waals surface area contributed by atoms with Crippen LogP contribution in [0, 0.1) is 0 Å². The predicted molar refractivity (Wildman–Crippen MR) is 122 cm³/mol. The molecule has 190 valence electrons. The second-order valence-electron chi connectivity index (χ2n) is 9.07. The first kappa shape index (κ1) is 39.4. The topological polar surface area (TPSA) is 135 Å². The molecular weight excluding hydrogens is 478 g/mol. The zero-order chi connectivity index (χ0) is 24.3. The first-order valence-electron chi connectivity index (χ1n) is 12.6. The van der Waals surface area contributed by atoms with E-state index in [-0.39, 0.29) is 65.5 Å². The van der Waals surface area contributed by atoms with Gasteiger partial charge in [0.15, 0.2) is 0 Å². The maximum Gasteiger partial charge on any atom is 1.00 e. The fourth-order valence-corrected chi connectivity index (χ4v) is 5.05. The van der Waals surface area contributed by atoms with Crippen LogP contribution < -0.4 is 69.3 Å². The summed E-state index contributed by atoms with van der Waals surface area (Å²) < 4.78 is 29.4. The Morgan fingerprint density at radius 1 is 0.647 bits per heavy atom. The molecule has 0 aliphatic heterocycles. The number of carbonyl (C=O) groups is 2. The van der Waals surface area contributed by atoms with Crippen molar-refractivity contribution in [3.05, 3.63) is 0 Å². The molecule has 10 heteroatoms. The van der Waals surface area contributed by atoms with Crippen molar-refractivity contribution in [3.63, 3.8) is 0 Å². The first-order valence-corrected chi connectivity index (χ1v) is 14.0. The average molecular weight is 523 g/mol. The SMILES string of the molecule is CCCCCCCCCCCCCCCCCCCCC(CC(=O)[O-])(C(=O)[O-])S(=O)(=O)O.[Na+].[Na+].